The highest BCUT2D eigenvalue weighted by molar-refractivity contribution is 7.93. The standard InChI is InChI=1S/C15H25N3O3S/c1-12(2)22(20,21)13(3)15(19)18-10-5-4-7-14(18)11-17-9-6-8-16-17/h6,8-9,12-14H,4-5,7,10-11H2,1-3H3/t13-,14+/m0/s1. The zero-order valence-corrected chi connectivity index (χ0v) is 14.3. The van der Waals surface area contributed by atoms with Crippen molar-refractivity contribution < 1.29 is 13.2 Å². The predicted octanol–water partition coefficient (Wildman–Crippen LogP) is 1.48. The number of amides is 1. The van der Waals surface area contributed by atoms with Gasteiger partial charge in [-0.15, -0.1) is 0 Å². The maximum atomic E-state index is 12.7. The summed E-state index contributed by atoms with van der Waals surface area (Å²) in [5.74, 6) is -0.273. The van der Waals surface area contributed by atoms with E-state index in [0.717, 1.165) is 19.3 Å². The molecule has 0 N–H and O–H groups in total. The van der Waals surface area contributed by atoms with Gasteiger partial charge in [-0.05, 0) is 46.1 Å². The first-order chi connectivity index (χ1) is 10.3. The van der Waals surface area contributed by atoms with Crippen LogP contribution in [0.5, 0.6) is 0 Å². The van der Waals surface area contributed by atoms with Crippen molar-refractivity contribution in [2.24, 2.45) is 0 Å². The third-order valence-corrected chi connectivity index (χ3v) is 6.87. The molecular weight excluding hydrogens is 302 g/mol. The van der Waals surface area contributed by atoms with Gasteiger partial charge in [0, 0.05) is 18.9 Å². The van der Waals surface area contributed by atoms with Gasteiger partial charge in [0.1, 0.15) is 5.25 Å². The molecular formula is C15H25N3O3S. The molecule has 1 aromatic rings. The highest BCUT2D eigenvalue weighted by atomic mass is 32.2. The van der Waals surface area contributed by atoms with Gasteiger partial charge in [0.25, 0.3) is 0 Å². The molecule has 0 aromatic carbocycles. The Bertz CT molecular complexity index is 596. The summed E-state index contributed by atoms with van der Waals surface area (Å²) in [6.07, 6.45) is 6.45. The average molecular weight is 327 g/mol. The monoisotopic (exact) mass is 327 g/mol. The summed E-state index contributed by atoms with van der Waals surface area (Å²) < 4.78 is 26.3. The fraction of sp³-hybridized carbons (Fsp3) is 0.733. The molecule has 1 fully saturated rings. The second kappa shape index (κ2) is 6.81. The fourth-order valence-corrected chi connectivity index (χ4v) is 4.12. The highest BCUT2D eigenvalue weighted by Gasteiger charge is 2.37. The summed E-state index contributed by atoms with van der Waals surface area (Å²) in [4.78, 5) is 14.5. The van der Waals surface area contributed by atoms with Crippen LogP contribution in [0.3, 0.4) is 0 Å². The molecule has 2 rings (SSSR count). The van der Waals surface area contributed by atoms with E-state index in [9.17, 15) is 13.2 Å². The van der Waals surface area contributed by atoms with Crippen molar-refractivity contribution in [3.8, 4) is 0 Å². The molecule has 0 aliphatic carbocycles. The van der Waals surface area contributed by atoms with E-state index in [-0.39, 0.29) is 11.9 Å². The Morgan fingerprint density at radius 1 is 1.32 bits per heavy atom. The smallest absolute Gasteiger partial charge is 0.240 e. The van der Waals surface area contributed by atoms with Gasteiger partial charge in [-0.2, -0.15) is 5.10 Å². The normalized spacial score (nSPS) is 21.1. The van der Waals surface area contributed by atoms with Gasteiger partial charge in [0.05, 0.1) is 17.8 Å². The van der Waals surface area contributed by atoms with Crippen molar-refractivity contribution in [3.63, 3.8) is 0 Å². The zero-order chi connectivity index (χ0) is 16.3. The minimum Gasteiger partial charge on any atom is -0.337 e. The number of likely N-dealkylation sites (tertiary alicyclic amines) is 1. The number of hydrogen-bond acceptors (Lipinski definition) is 4. The van der Waals surface area contributed by atoms with Gasteiger partial charge in [-0.3, -0.25) is 9.48 Å². The van der Waals surface area contributed by atoms with Crippen LogP contribution in [-0.2, 0) is 21.2 Å². The number of piperidine rings is 1. The minimum atomic E-state index is -3.42. The van der Waals surface area contributed by atoms with Crippen LogP contribution in [0.15, 0.2) is 18.5 Å². The minimum absolute atomic E-state index is 0.0194. The van der Waals surface area contributed by atoms with Crippen molar-refractivity contribution >= 4 is 15.7 Å². The SMILES string of the molecule is CC(C)S(=O)(=O)[C@@H](C)C(=O)N1CCCC[C@@H]1Cn1cccn1. The van der Waals surface area contributed by atoms with E-state index >= 15 is 0 Å². The largest absolute Gasteiger partial charge is 0.337 e. The second-order valence-electron chi connectivity index (χ2n) is 6.19. The second-order valence-corrected chi connectivity index (χ2v) is 9.02. The Labute approximate surface area is 132 Å². The molecule has 0 spiro atoms. The first kappa shape index (κ1) is 17.0. The van der Waals surface area contributed by atoms with Gasteiger partial charge in [-0.25, -0.2) is 8.42 Å². The topological polar surface area (TPSA) is 72.3 Å². The number of rotatable bonds is 5. The Hall–Kier alpha value is -1.37. The molecule has 1 aromatic heterocycles. The molecule has 124 valence electrons. The molecule has 1 amide bonds. The lowest BCUT2D eigenvalue weighted by atomic mass is 10.0. The molecule has 2 atom stereocenters. The van der Waals surface area contributed by atoms with Crippen LogP contribution in [-0.4, -0.2) is 52.1 Å². The summed E-state index contributed by atoms with van der Waals surface area (Å²) in [5.41, 5.74) is 0. The quantitative estimate of drug-likeness (QED) is 0.821. The third kappa shape index (κ3) is 3.51. The Balaban J connectivity index is 2.14. The van der Waals surface area contributed by atoms with Crippen LogP contribution in [0.1, 0.15) is 40.0 Å². The molecule has 0 bridgehead atoms. The van der Waals surface area contributed by atoms with Crippen LogP contribution in [0, 0.1) is 0 Å². The molecule has 0 saturated carbocycles. The summed E-state index contributed by atoms with van der Waals surface area (Å²) in [6.45, 7) is 6.00. The van der Waals surface area contributed by atoms with E-state index in [1.807, 2.05) is 12.3 Å². The maximum absolute atomic E-state index is 12.7. The van der Waals surface area contributed by atoms with Crippen molar-refractivity contribution in [1.82, 2.24) is 14.7 Å². The molecule has 7 heteroatoms. The number of carbonyl (C=O) groups excluding carboxylic acids is 1. The van der Waals surface area contributed by atoms with E-state index in [1.54, 1.807) is 29.6 Å². The van der Waals surface area contributed by atoms with Crippen molar-refractivity contribution in [1.29, 1.82) is 0 Å². The van der Waals surface area contributed by atoms with Crippen LogP contribution in [0.4, 0.5) is 0 Å². The first-order valence-electron chi connectivity index (χ1n) is 7.84. The van der Waals surface area contributed by atoms with Crippen LogP contribution in [0.2, 0.25) is 0 Å². The van der Waals surface area contributed by atoms with Gasteiger partial charge in [0.2, 0.25) is 5.91 Å². The van der Waals surface area contributed by atoms with Crippen LogP contribution < -0.4 is 0 Å². The molecule has 0 radical (unpaired) electrons. The van der Waals surface area contributed by atoms with E-state index < -0.39 is 20.3 Å². The number of sulfone groups is 1. The lowest BCUT2D eigenvalue weighted by Crippen LogP contribution is -2.51. The fourth-order valence-electron chi connectivity index (χ4n) is 2.89. The van der Waals surface area contributed by atoms with E-state index in [1.165, 1.54) is 6.92 Å². The number of aromatic nitrogens is 2. The predicted molar refractivity (Wildman–Crippen MR) is 85.1 cm³/mol. The van der Waals surface area contributed by atoms with Crippen LogP contribution >= 0.6 is 0 Å². The Morgan fingerprint density at radius 2 is 2.05 bits per heavy atom. The van der Waals surface area contributed by atoms with Crippen LogP contribution in [0.25, 0.3) is 0 Å². The van der Waals surface area contributed by atoms with Crippen molar-refractivity contribution in [2.75, 3.05) is 6.54 Å². The first-order valence-corrected chi connectivity index (χ1v) is 9.45. The van der Waals surface area contributed by atoms with Gasteiger partial charge >= 0.3 is 0 Å². The van der Waals surface area contributed by atoms with Crippen molar-refractivity contribution in [3.05, 3.63) is 18.5 Å². The average Bonchev–Trinajstić information content (AvgIpc) is 2.99. The lowest BCUT2D eigenvalue weighted by Gasteiger charge is -2.37. The summed E-state index contributed by atoms with van der Waals surface area (Å²) in [5, 5.41) is 2.66. The molecule has 1 aliphatic heterocycles. The van der Waals surface area contributed by atoms with E-state index in [0.29, 0.717) is 13.1 Å². The van der Waals surface area contributed by atoms with Gasteiger partial charge < -0.3 is 4.90 Å². The number of nitrogens with zero attached hydrogens (tertiary/aromatic N) is 3. The number of hydrogen-bond donors (Lipinski definition) is 0. The van der Waals surface area contributed by atoms with Crippen molar-refractivity contribution in [2.45, 2.75) is 63.1 Å². The highest BCUT2D eigenvalue weighted by Crippen LogP contribution is 2.22. The summed E-state index contributed by atoms with van der Waals surface area (Å²) >= 11 is 0. The van der Waals surface area contributed by atoms with E-state index in [2.05, 4.69) is 5.10 Å². The Kier molecular flexibility index (Phi) is 5.26. The Morgan fingerprint density at radius 3 is 2.64 bits per heavy atom. The zero-order valence-electron chi connectivity index (χ0n) is 13.5. The summed E-state index contributed by atoms with van der Waals surface area (Å²) in [7, 11) is -3.42. The maximum Gasteiger partial charge on any atom is 0.240 e. The van der Waals surface area contributed by atoms with E-state index in [4.69, 9.17) is 0 Å². The molecule has 2 heterocycles. The third-order valence-electron chi connectivity index (χ3n) is 4.36. The molecule has 6 nitrogen and oxygen atoms in total. The summed E-state index contributed by atoms with van der Waals surface area (Å²) in [6, 6.07) is 1.87. The number of carbonyl (C=O) groups is 1. The molecule has 1 saturated heterocycles. The van der Waals surface area contributed by atoms with Gasteiger partial charge in [-0.1, -0.05) is 0 Å². The molecule has 0 unspecified atom stereocenters. The molecule has 22 heavy (non-hydrogen) atoms. The lowest BCUT2D eigenvalue weighted by molar-refractivity contribution is -0.134. The molecule has 1 aliphatic rings. The van der Waals surface area contributed by atoms with Gasteiger partial charge in [0.15, 0.2) is 9.84 Å².